The second kappa shape index (κ2) is 7.07. The van der Waals surface area contributed by atoms with Gasteiger partial charge in [0.15, 0.2) is 0 Å². The molecule has 0 unspecified atom stereocenters. The molecule has 0 aliphatic heterocycles. The third-order valence-corrected chi connectivity index (χ3v) is 3.08. The molecule has 3 N–H and O–H groups in total. The second-order valence-corrected chi connectivity index (χ2v) is 5.38. The van der Waals surface area contributed by atoms with E-state index in [0.29, 0.717) is 11.5 Å². The van der Waals surface area contributed by atoms with Gasteiger partial charge in [-0.25, -0.2) is 0 Å². The van der Waals surface area contributed by atoms with E-state index >= 15 is 0 Å². The zero-order chi connectivity index (χ0) is 14.4. The average molecular weight is 264 g/mol. The van der Waals surface area contributed by atoms with Gasteiger partial charge in [-0.15, -0.1) is 0 Å². The van der Waals surface area contributed by atoms with Crippen LogP contribution in [0.15, 0.2) is 17.7 Å². The molecule has 19 heavy (non-hydrogen) atoms. The molecule has 0 aromatic heterocycles. The first-order valence-electron chi connectivity index (χ1n) is 6.88. The highest BCUT2D eigenvalue weighted by Gasteiger charge is 2.09. The fraction of sp³-hybridized carbons (Fsp3) is 0.500. The summed E-state index contributed by atoms with van der Waals surface area (Å²) in [4.78, 5) is 0. The summed E-state index contributed by atoms with van der Waals surface area (Å²) in [5.41, 5.74) is 1.61. The maximum absolute atomic E-state index is 9.80. The number of phenols is 3. The average Bonchev–Trinajstić information content (AvgIpc) is 2.30. The first-order valence-corrected chi connectivity index (χ1v) is 6.88. The Morgan fingerprint density at radius 3 is 2.16 bits per heavy atom. The topological polar surface area (TPSA) is 60.7 Å². The quantitative estimate of drug-likeness (QED) is 0.712. The van der Waals surface area contributed by atoms with E-state index in [9.17, 15) is 15.3 Å². The van der Waals surface area contributed by atoms with E-state index in [4.69, 9.17) is 0 Å². The van der Waals surface area contributed by atoms with Crippen LogP contribution in [-0.4, -0.2) is 15.3 Å². The number of phenolic OH excluding ortho intramolecular Hbond substituents is 3. The lowest BCUT2D eigenvalue weighted by molar-refractivity contribution is 0.426. The molecule has 3 heteroatoms. The van der Waals surface area contributed by atoms with Gasteiger partial charge in [-0.2, -0.15) is 0 Å². The monoisotopic (exact) mass is 264 g/mol. The number of rotatable bonds is 6. The third-order valence-electron chi connectivity index (χ3n) is 3.08. The van der Waals surface area contributed by atoms with Crippen LogP contribution in [0.5, 0.6) is 17.2 Å². The first kappa shape index (κ1) is 15.4. The van der Waals surface area contributed by atoms with Crippen molar-refractivity contribution in [2.24, 2.45) is 5.92 Å². The molecule has 0 aliphatic carbocycles. The van der Waals surface area contributed by atoms with Crippen LogP contribution in [0.2, 0.25) is 0 Å². The largest absolute Gasteiger partial charge is 0.508 e. The number of benzene rings is 1. The maximum atomic E-state index is 9.80. The molecule has 0 saturated carbocycles. The Kier molecular flexibility index (Phi) is 5.74. The zero-order valence-electron chi connectivity index (χ0n) is 12.0. The summed E-state index contributed by atoms with van der Waals surface area (Å²) >= 11 is 0. The predicted octanol–water partition coefficient (Wildman–Crippen LogP) is 4.42. The summed E-state index contributed by atoms with van der Waals surface area (Å²) in [6.45, 7) is 6.47. The highest BCUT2D eigenvalue weighted by molar-refractivity contribution is 5.67. The summed E-state index contributed by atoms with van der Waals surface area (Å²) in [7, 11) is 0. The molecule has 0 heterocycles. The van der Waals surface area contributed by atoms with Crippen LogP contribution in [-0.2, 0) is 0 Å². The minimum atomic E-state index is -0.133. The van der Waals surface area contributed by atoms with E-state index in [-0.39, 0.29) is 17.2 Å². The SMILES string of the molecule is CCCC(=Cc1c(O)cc(O)cc1O)CCC(C)C. The van der Waals surface area contributed by atoms with Crippen LogP contribution in [0.25, 0.3) is 6.08 Å². The summed E-state index contributed by atoms with van der Waals surface area (Å²) < 4.78 is 0. The minimum absolute atomic E-state index is 0.0874. The molecule has 0 atom stereocenters. The third kappa shape index (κ3) is 4.86. The van der Waals surface area contributed by atoms with Crippen molar-refractivity contribution in [3.8, 4) is 17.2 Å². The molecule has 0 saturated heterocycles. The standard InChI is InChI=1S/C16H24O3/c1-4-5-12(7-6-11(2)3)8-14-15(18)9-13(17)10-16(14)19/h8-11,17-19H,4-7H2,1-3H3. The van der Waals surface area contributed by atoms with Crippen LogP contribution < -0.4 is 0 Å². The van der Waals surface area contributed by atoms with Gasteiger partial charge in [-0.1, -0.05) is 32.8 Å². The number of hydrogen-bond acceptors (Lipinski definition) is 3. The van der Waals surface area contributed by atoms with Gasteiger partial charge in [0.25, 0.3) is 0 Å². The summed E-state index contributed by atoms with van der Waals surface area (Å²) in [5.74, 6) is 0.319. The van der Waals surface area contributed by atoms with Crippen LogP contribution in [0, 0.1) is 5.92 Å². The van der Waals surface area contributed by atoms with Crippen LogP contribution in [0.1, 0.15) is 52.0 Å². The molecule has 0 fully saturated rings. The van der Waals surface area contributed by atoms with Crippen molar-refractivity contribution in [1.29, 1.82) is 0 Å². The molecule has 3 nitrogen and oxygen atoms in total. The van der Waals surface area contributed by atoms with Crippen molar-refractivity contribution in [2.45, 2.75) is 46.5 Å². The lowest BCUT2D eigenvalue weighted by Gasteiger charge is -2.10. The molecule has 1 aromatic carbocycles. The Morgan fingerprint density at radius 2 is 1.68 bits per heavy atom. The van der Waals surface area contributed by atoms with Gasteiger partial charge in [0.2, 0.25) is 0 Å². The van der Waals surface area contributed by atoms with Gasteiger partial charge in [0.05, 0.1) is 5.56 Å². The summed E-state index contributed by atoms with van der Waals surface area (Å²) in [5, 5.41) is 28.9. The Labute approximate surface area is 115 Å². The van der Waals surface area contributed by atoms with Crippen molar-refractivity contribution in [3.05, 3.63) is 23.3 Å². The van der Waals surface area contributed by atoms with Crippen LogP contribution in [0.4, 0.5) is 0 Å². The predicted molar refractivity (Wildman–Crippen MR) is 78.4 cm³/mol. The minimum Gasteiger partial charge on any atom is -0.508 e. The molecule has 0 aliphatic rings. The Morgan fingerprint density at radius 1 is 1.11 bits per heavy atom. The maximum Gasteiger partial charge on any atom is 0.130 e. The van der Waals surface area contributed by atoms with E-state index in [1.54, 1.807) is 0 Å². The van der Waals surface area contributed by atoms with Crippen molar-refractivity contribution < 1.29 is 15.3 Å². The Hall–Kier alpha value is -1.64. The van der Waals surface area contributed by atoms with E-state index in [0.717, 1.165) is 25.7 Å². The van der Waals surface area contributed by atoms with Gasteiger partial charge >= 0.3 is 0 Å². The first-order chi connectivity index (χ1) is 8.93. The molecular formula is C16H24O3. The number of hydrogen-bond donors (Lipinski definition) is 3. The molecule has 0 bridgehead atoms. The van der Waals surface area contributed by atoms with E-state index in [1.165, 1.54) is 17.7 Å². The molecule has 106 valence electrons. The van der Waals surface area contributed by atoms with Crippen LogP contribution in [0.3, 0.4) is 0 Å². The highest BCUT2D eigenvalue weighted by Crippen LogP contribution is 2.34. The molecule has 1 rings (SSSR count). The van der Waals surface area contributed by atoms with Gasteiger partial charge in [-0.05, 0) is 31.3 Å². The smallest absolute Gasteiger partial charge is 0.130 e. The highest BCUT2D eigenvalue weighted by atomic mass is 16.3. The zero-order valence-corrected chi connectivity index (χ0v) is 12.0. The lowest BCUT2D eigenvalue weighted by Crippen LogP contribution is -1.91. The van der Waals surface area contributed by atoms with E-state index < -0.39 is 0 Å². The molecule has 0 spiro atoms. The van der Waals surface area contributed by atoms with Gasteiger partial charge in [-0.3, -0.25) is 0 Å². The summed E-state index contributed by atoms with van der Waals surface area (Å²) in [6.07, 6.45) is 5.88. The number of aromatic hydroxyl groups is 3. The fourth-order valence-corrected chi connectivity index (χ4v) is 2.03. The van der Waals surface area contributed by atoms with Crippen molar-refractivity contribution in [2.75, 3.05) is 0 Å². The van der Waals surface area contributed by atoms with Gasteiger partial charge < -0.3 is 15.3 Å². The van der Waals surface area contributed by atoms with Gasteiger partial charge in [0, 0.05) is 12.1 Å². The van der Waals surface area contributed by atoms with Crippen molar-refractivity contribution in [1.82, 2.24) is 0 Å². The lowest BCUT2D eigenvalue weighted by atomic mass is 9.97. The Balaban J connectivity index is 3.00. The van der Waals surface area contributed by atoms with E-state index in [2.05, 4.69) is 20.8 Å². The normalized spacial score (nSPS) is 12.1. The van der Waals surface area contributed by atoms with Crippen molar-refractivity contribution >= 4 is 6.08 Å². The van der Waals surface area contributed by atoms with Crippen LogP contribution >= 0.6 is 0 Å². The fourth-order valence-electron chi connectivity index (χ4n) is 2.03. The van der Waals surface area contributed by atoms with Gasteiger partial charge in [0.1, 0.15) is 17.2 Å². The molecular weight excluding hydrogens is 240 g/mol. The summed E-state index contributed by atoms with van der Waals surface area (Å²) in [6, 6.07) is 2.50. The van der Waals surface area contributed by atoms with Crippen molar-refractivity contribution in [3.63, 3.8) is 0 Å². The molecule has 0 amide bonds. The molecule has 1 aromatic rings. The second-order valence-electron chi connectivity index (χ2n) is 5.38. The number of allylic oxidation sites excluding steroid dienone is 1. The molecule has 0 radical (unpaired) electrons. The Bertz CT molecular complexity index is 424. The van der Waals surface area contributed by atoms with E-state index in [1.807, 2.05) is 6.08 Å².